The van der Waals surface area contributed by atoms with Crippen molar-refractivity contribution < 1.29 is 27.9 Å². The summed E-state index contributed by atoms with van der Waals surface area (Å²) in [6.07, 6.45) is 47.2. The Hall–Kier alpha value is -0.923. The Kier molecular flexibility index (Phi) is 43.0. The molecule has 0 saturated heterocycles. The van der Waals surface area contributed by atoms with Crippen LogP contribution in [0.1, 0.15) is 278 Å². The normalized spacial score (nSPS) is 12.1. The maximum absolute atomic E-state index is 12.7. The lowest BCUT2D eigenvalue weighted by atomic mass is 10.0. The Labute approximate surface area is 332 Å². The molecule has 0 aliphatic rings. The summed E-state index contributed by atoms with van der Waals surface area (Å²) in [7, 11) is -3.07. The molecule has 0 N–H and O–H groups in total. The van der Waals surface area contributed by atoms with Gasteiger partial charge in [-0.05, 0) is 26.2 Å². The zero-order valence-electron chi connectivity index (χ0n) is 36.2. The van der Waals surface area contributed by atoms with Crippen molar-refractivity contribution in [2.75, 3.05) is 0 Å². The van der Waals surface area contributed by atoms with E-state index >= 15 is 0 Å². The average Bonchev–Trinajstić information content (AvgIpc) is 3.15. The van der Waals surface area contributed by atoms with E-state index in [1.165, 1.54) is 186 Å². The van der Waals surface area contributed by atoms with Gasteiger partial charge in [-0.15, -0.1) is 0 Å². The zero-order valence-corrected chi connectivity index (χ0v) is 37.3. The summed E-state index contributed by atoms with van der Waals surface area (Å²) >= 11 is 0. The van der Waals surface area contributed by atoms with Gasteiger partial charge in [0.1, 0.15) is 0 Å². The van der Waals surface area contributed by atoms with Crippen LogP contribution in [0.15, 0.2) is 0 Å². The molecule has 0 bridgehead atoms. The van der Waals surface area contributed by atoms with Gasteiger partial charge >= 0.3 is 9.53 Å². The first-order valence-electron chi connectivity index (χ1n) is 23.7. The van der Waals surface area contributed by atoms with E-state index in [1.807, 2.05) is 6.92 Å². The fourth-order valence-corrected chi connectivity index (χ4v) is 8.15. The third-order valence-corrected chi connectivity index (χ3v) is 11.9. The van der Waals surface area contributed by atoms with Crippen molar-refractivity contribution in [2.24, 2.45) is 0 Å². The molecule has 0 radical (unpaired) electrons. The topological polar surface area (TPSA) is 71.1 Å². The highest BCUT2D eigenvalue weighted by atomic mass is 28.3. The molecule has 0 aromatic rings. The molecule has 0 spiro atoms. The van der Waals surface area contributed by atoms with Crippen molar-refractivity contribution in [3.05, 3.63) is 0 Å². The third-order valence-electron chi connectivity index (χ3n) is 10.7. The molecule has 53 heavy (non-hydrogen) atoms. The molecule has 0 fully saturated rings. The predicted molar refractivity (Wildman–Crippen MR) is 228 cm³/mol. The van der Waals surface area contributed by atoms with Crippen molar-refractivity contribution in [1.29, 1.82) is 0 Å². The first kappa shape index (κ1) is 52.1. The van der Waals surface area contributed by atoms with Gasteiger partial charge in [0.05, 0.1) is 6.10 Å². The van der Waals surface area contributed by atoms with Crippen LogP contribution in [0.25, 0.3) is 0 Å². The molecular formula is C46H92O6Si. The van der Waals surface area contributed by atoms with Crippen LogP contribution < -0.4 is 0 Å². The first-order valence-corrected chi connectivity index (χ1v) is 25.2. The molecule has 0 aromatic carbocycles. The Morgan fingerprint density at radius 3 is 0.906 bits per heavy atom. The zero-order chi connectivity index (χ0) is 38.7. The second-order valence-electron chi connectivity index (χ2n) is 16.2. The van der Waals surface area contributed by atoms with E-state index in [0.29, 0.717) is 12.8 Å². The van der Waals surface area contributed by atoms with Gasteiger partial charge in [-0.3, -0.25) is 9.59 Å². The molecular weight excluding hydrogens is 677 g/mol. The third kappa shape index (κ3) is 42.1. The van der Waals surface area contributed by atoms with Crippen molar-refractivity contribution in [3.8, 4) is 0 Å². The molecule has 1 unspecified atom stereocenters. The van der Waals surface area contributed by atoms with E-state index in [9.17, 15) is 9.59 Å². The molecule has 0 aliphatic carbocycles. The molecule has 0 aliphatic heterocycles. The maximum atomic E-state index is 12.7. The quantitative estimate of drug-likeness (QED) is 0.0266. The van der Waals surface area contributed by atoms with E-state index in [2.05, 4.69) is 20.8 Å². The van der Waals surface area contributed by atoms with Gasteiger partial charge in [-0.2, -0.15) is 0 Å². The van der Waals surface area contributed by atoms with Crippen molar-refractivity contribution in [3.63, 3.8) is 0 Å². The molecule has 316 valence electrons. The van der Waals surface area contributed by atoms with Crippen LogP contribution in [-0.2, 0) is 27.9 Å². The van der Waals surface area contributed by atoms with Gasteiger partial charge in [-0.25, -0.2) is 9.46 Å². The van der Waals surface area contributed by atoms with Gasteiger partial charge in [0.25, 0.3) is 11.9 Å². The highest BCUT2D eigenvalue weighted by Gasteiger charge is 2.27. The maximum Gasteiger partial charge on any atom is 0.647 e. The minimum absolute atomic E-state index is 0.139. The smallest absolute Gasteiger partial charge is 0.465 e. The largest absolute Gasteiger partial charge is 0.647 e. The molecule has 6 nitrogen and oxygen atoms in total. The number of carbonyl (C=O) groups is 2. The van der Waals surface area contributed by atoms with E-state index < -0.39 is 9.53 Å². The molecule has 0 saturated carbocycles. The van der Waals surface area contributed by atoms with Gasteiger partial charge in [-0.1, -0.05) is 239 Å². The van der Waals surface area contributed by atoms with Crippen LogP contribution in [0.4, 0.5) is 0 Å². The number of carbonyl (C=O) groups excluding carboxylic acids is 2. The summed E-state index contributed by atoms with van der Waals surface area (Å²) in [4.78, 5) is 31.0. The van der Waals surface area contributed by atoms with Crippen LogP contribution in [0.2, 0.25) is 0 Å². The highest BCUT2D eigenvalue weighted by Crippen LogP contribution is 2.17. The Balaban J connectivity index is 4.20. The number of hydrogen-bond donors (Lipinski definition) is 0. The van der Waals surface area contributed by atoms with E-state index in [4.69, 9.17) is 18.3 Å². The predicted octanol–water partition coefficient (Wildman–Crippen LogP) is 15.4. The lowest BCUT2D eigenvalue weighted by Crippen LogP contribution is -2.34. The van der Waals surface area contributed by atoms with Crippen molar-refractivity contribution >= 4 is 21.5 Å². The summed E-state index contributed by atoms with van der Waals surface area (Å²) in [6.45, 7) is 8.75. The Morgan fingerprint density at radius 2 is 0.623 bits per heavy atom. The van der Waals surface area contributed by atoms with Crippen LogP contribution in [0.5, 0.6) is 0 Å². The minimum Gasteiger partial charge on any atom is -0.465 e. The summed E-state index contributed by atoms with van der Waals surface area (Å²) in [5, 5.41) is 0. The molecule has 0 amide bonds. The van der Waals surface area contributed by atoms with E-state index in [-0.39, 0.29) is 18.0 Å². The summed E-state index contributed by atoms with van der Waals surface area (Å²) < 4.78 is 16.7. The molecule has 0 rings (SSSR count). The number of hydrogen-bond acceptors (Lipinski definition) is 6. The van der Waals surface area contributed by atoms with Crippen LogP contribution >= 0.6 is 0 Å². The SMILES string of the molecule is CCCCCCCCCCCCCCCCCC(=O)O[SiH](OOC(C)CCCCCCCC)OC(=O)CCCCCCCCCCCCCCCCC. The Bertz CT molecular complexity index is 702. The lowest BCUT2D eigenvalue weighted by molar-refractivity contribution is -0.268. The van der Waals surface area contributed by atoms with E-state index in [1.54, 1.807) is 0 Å². The summed E-state index contributed by atoms with van der Waals surface area (Å²) in [6, 6.07) is 0. The number of rotatable bonds is 44. The standard InChI is InChI=1S/C46H92O6Si/c1-5-8-11-14-17-19-21-23-25-27-29-31-33-36-39-42-45(47)50-53(52-49-44(4)41-38-35-16-13-10-7-3)51-46(48)43-40-37-34-32-30-28-26-24-22-20-18-15-12-9-6-2/h44,53H,5-43H2,1-4H3. The number of unbranched alkanes of at least 4 members (excludes halogenated alkanes) is 33. The fourth-order valence-electron chi connectivity index (χ4n) is 7.08. The van der Waals surface area contributed by atoms with Crippen molar-refractivity contribution in [2.45, 2.75) is 284 Å². The second-order valence-corrected chi connectivity index (χ2v) is 17.5. The minimum atomic E-state index is -3.07. The van der Waals surface area contributed by atoms with Crippen LogP contribution in [0.3, 0.4) is 0 Å². The monoisotopic (exact) mass is 769 g/mol. The van der Waals surface area contributed by atoms with Crippen LogP contribution in [-0.4, -0.2) is 27.6 Å². The molecule has 0 aromatic heterocycles. The summed E-state index contributed by atoms with van der Waals surface area (Å²) in [5.41, 5.74) is 0. The lowest BCUT2D eigenvalue weighted by Gasteiger charge is -2.18. The molecule has 1 atom stereocenters. The molecule has 7 heteroatoms. The second kappa shape index (κ2) is 43.8. The highest BCUT2D eigenvalue weighted by molar-refractivity contribution is 6.41. The van der Waals surface area contributed by atoms with Crippen LogP contribution in [0, 0.1) is 0 Å². The van der Waals surface area contributed by atoms with Gasteiger partial charge in [0, 0.05) is 12.8 Å². The first-order chi connectivity index (χ1) is 26.0. The van der Waals surface area contributed by atoms with Gasteiger partial charge in [0.15, 0.2) is 0 Å². The van der Waals surface area contributed by atoms with Gasteiger partial charge < -0.3 is 8.85 Å². The van der Waals surface area contributed by atoms with Gasteiger partial charge in [0.2, 0.25) is 0 Å². The fraction of sp³-hybridized carbons (Fsp3) is 0.957. The van der Waals surface area contributed by atoms with E-state index in [0.717, 1.165) is 51.4 Å². The molecule has 0 heterocycles. The van der Waals surface area contributed by atoms with Crippen molar-refractivity contribution in [1.82, 2.24) is 0 Å². The average molecular weight is 769 g/mol. The summed E-state index contributed by atoms with van der Waals surface area (Å²) in [5.74, 6) is -0.688. The Morgan fingerprint density at radius 1 is 0.377 bits per heavy atom.